The van der Waals surface area contributed by atoms with E-state index in [0.717, 1.165) is 5.52 Å². The molecule has 0 saturated heterocycles. The fourth-order valence-electron chi connectivity index (χ4n) is 2.24. The van der Waals surface area contributed by atoms with Crippen molar-refractivity contribution in [3.05, 3.63) is 41.6 Å². The van der Waals surface area contributed by atoms with Crippen LogP contribution >= 0.6 is 0 Å². The number of carboxylic acid groups (broad SMARTS) is 2. The van der Waals surface area contributed by atoms with E-state index in [1.54, 1.807) is 0 Å². The van der Waals surface area contributed by atoms with Crippen molar-refractivity contribution in [1.82, 2.24) is 4.98 Å². The molecule has 1 heterocycles. The summed E-state index contributed by atoms with van der Waals surface area (Å²) < 4.78 is 0. The van der Waals surface area contributed by atoms with Crippen LogP contribution in [-0.4, -0.2) is 21.4 Å². The fourth-order valence-corrected chi connectivity index (χ4v) is 2.24. The second-order valence-corrected chi connectivity index (χ2v) is 4.28. The number of hydrogen-bond acceptors (Lipinski definition) is 2. The number of aromatic nitrogens is 1. The molecule has 0 atom stereocenters. The number of aryl methyl sites for hydroxylation is 2. The lowest BCUT2D eigenvalue weighted by molar-refractivity contribution is 0.137. The highest BCUT2D eigenvalue weighted by Gasteiger charge is 2.10. The van der Waals surface area contributed by atoms with Crippen molar-refractivity contribution < 1.29 is 15.0 Å². The van der Waals surface area contributed by atoms with Gasteiger partial charge in [-0.05, 0) is 43.4 Å². The SMILES string of the molecule is O=C(O)O.c1ccc2nc3c(cc2c1)CCCC3. The Balaban J connectivity index is 0.000000267. The lowest BCUT2D eigenvalue weighted by atomic mass is 9.95. The highest BCUT2D eigenvalue weighted by molar-refractivity contribution is 5.79. The van der Waals surface area contributed by atoms with Gasteiger partial charge in [0.15, 0.2) is 0 Å². The minimum Gasteiger partial charge on any atom is -0.450 e. The molecular formula is C14H15NO3. The molecule has 1 aliphatic rings. The first-order valence-electron chi connectivity index (χ1n) is 5.96. The predicted molar refractivity (Wildman–Crippen MR) is 69.0 cm³/mol. The minimum atomic E-state index is -1.83. The number of para-hydroxylation sites is 1. The molecule has 0 amide bonds. The van der Waals surface area contributed by atoms with Crippen LogP contribution in [0.25, 0.3) is 10.9 Å². The summed E-state index contributed by atoms with van der Waals surface area (Å²) in [7, 11) is 0. The Morgan fingerprint density at radius 3 is 2.56 bits per heavy atom. The summed E-state index contributed by atoms with van der Waals surface area (Å²) in [5, 5.41) is 15.2. The number of pyridine rings is 1. The molecule has 3 rings (SSSR count). The van der Waals surface area contributed by atoms with E-state index in [9.17, 15) is 0 Å². The molecular weight excluding hydrogens is 230 g/mol. The van der Waals surface area contributed by atoms with Crippen LogP contribution in [0.15, 0.2) is 30.3 Å². The standard InChI is InChI=1S/C13H13N.CH2O3/c1-3-7-12-10(5-1)9-11-6-2-4-8-13(11)14-12;2-1(3)4/h1,3,5,7,9H,2,4,6,8H2;(H2,2,3,4). The molecule has 0 aliphatic heterocycles. The predicted octanol–water partition coefficient (Wildman–Crippen LogP) is 3.34. The Morgan fingerprint density at radius 1 is 1.11 bits per heavy atom. The normalized spacial score (nSPS) is 13.3. The Hall–Kier alpha value is -2.10. The number of benzene rings is 1. The molecule has 0 bridgehead atoms. The molecule has 0 unspecified atom stereocenters. The molecule has 0 saturated carbocycles. The summed E-state index contributed by atoms with van der Waals surface area (Å²) in [6, 6.07) is 10.7. The van der Waals surface area contributed by atoms with Gasteiger partial charge in [0.1, 0.15) is 0 Å². The van der Waals surface area contributed by atoms with Crippen LogP contribution in [0.4, 0.5) is 4.79 Å². The molecule has 2 N–H and O–H groups in total. The largest absolute Gasteiger partial charge is 0.503 e. The van der Waals surface area contributed by atoms with Gasteiger partial charge in [-0.25, -0.2) is 4.79 Å². The lowest BCUT2D eigenvalue weighted by Gasteiger charge is -2.15. The maximum absolute atomic E-state index is 8.56. The summed E-state index contributed by atoms with van der Waals surface area (Å²) in [4.78, 5) is 13.3. The van der Waals surface area contributed by atoms with Crippen LogP contribution in [0.2, 0.25) is 0 Å². The van der Waals surface area contributed by atoms with Crippen molar-refractivity contribution in [2.75, 3.05) is 0 Å². The van der Waals surface area contributed by atoms with Crippen molar-refractivity contribution in [2.45, 2.75) is 25.7 Å². The summed E-state index contributed by atoms with van der Waals surface area (Å²) in [5.41, 5.74) is 3.94. The lowest BCUT2D eigenvalue weighted by Crippen LogP contribution is -2.04. The zero-order valence-electron chi connectivity index (χ0n) is 9.97. The molecule has 94 valence electrons. The zero-order valence-corrected chi connectivity index (χ0v) is 9.97. The van der Waals surface area contributed by atoms with E-state index in [0.29, 0.717) is 0 Å². The van der Waals surface area contributed by atoms with Gasteiger partial charge >= 0.3 is 6.16 Å². The Kier molecular flexibility index (Phi) is 3.77. The van der Waals surface area contributed by atoms with Gasteiger partial charge in [0.2, 0.25) is 0 Å². The molecule has 4 heteroatoms. The van der Waals surface area contributed by atoms with Crippen LogP contribution in [-0.2, 0) is 12.8 Å². The van der Waals surface area contributed by atoms with Crippen molar-refractivity contribution >= 4 is 17.1 Å². The van der Waals surface area contributed by atoms with Crippen molar-refractivity contribution in [1.29, 1.82) is 0 Å². The van der Waals surface area contributed by atoms with Crippen LogP contribution < -0.4 is 0 Å². The number of fused-ring (bicyclic) bond motifs is 2. The van der Waals surface area contributed by atoms with Gasteiger partial charge in [-0.15, -0.1) is 0 Å². The first-order valence-corrected chi connectivity index (χ1v) is 5.96. The van der Waals surface area contributed by atoms with Gasteiger partial charge in [0, 0.05) is 11.1 Å². The van der Waals surface area contributed by atoms with E-state index in [1.165, 1.54) is 42.3 Å². The van der Waals surface area contributed by atoms with Crippen molar-refractivity contribution in [2.24, 2.45) is 0 Å². The average molecular weight is 245 g/mol. The Labute approximate surface area is 105 Å². The summed E-state index contributed by atoms with van der Waals surface area (Å²) in [6.07, 6.45) is 3.18. The minimum absolute atomic E-state index is 1.15. The van der Waals surface area contributed by atoms with Crippen LogP contribution in [0.1, 0.15) is 24.1 Å². The second kappa shape index (κ2) is 5.49. The zero-order chi connectivity index (χ0) is 13.0. The van der Waals surface area contributed by atoms with Gasteiger partial charge in [0.05, 0.1) is 5.52 Å². The second-order valence-electron chi connectivity index (χ2n) is 4.28. The van der Waals surface area contributed by atoms with Gasteiger partial charge < -0.3 is 10.2 Å². The number of rotatable bonds is 0. The van der Waals surface area contributed by atoms with E-state index < -0.39 is 6.16 Å². The third-order valence-corrected chi connectivity index (χ3v) is 3.00. The monoisotopic (exact) mass is 245 g/mol. The van der Waals surface area contributed by atoms with Gasteiger partial charge in [-0.3, -0.25) is 4.98 Å². The third-order valence-electron chi connectivity index (χ3n) is 3.00. The van der Waals surface area contributed by atoms with Crippen molar-refractivity contribution in [3.63, 3.8) is 0 Å². The molecule has 18 heavy (non-hydrogen) atoms. The highest BCUT2D eigenvalue weighted by Crippen LogP contribution is 2.23. The molecule has 0 spiro atoms. The van der Waals surface area contributed by atoms with Crippen LogP contribution in [0.3, 0.4) is 0 Å². The summed E-state index contributed by atoms with van der Waals surface area (Å²) in [6.45, 7) is 0. The molecule has 4 nitrogen and oxygen atoms in total. The van der Waals surface area contributed by atoms with Gasteiger partial charge in [0.25, 0.3) is 0 Å². The van der Waals surface area contributed by atoms with E-state index in [4.69, 9.17) is 20.0 Å². The summed E-state index contributed by atoms with van der Waals surface area (Å²) >= 11 is 0. The van der Waals surface area contributed by atoms with E-state index >= 15 is 0 Å². The van der Waals surface area contributed by atoms with Crippen LogP contribution in [0, 0.1) is 0 Å². The van der Waals surface area contributed by atoms with E-state index in [-0.39, 0.29) is 0 Å². The number of nitrogens with zero attached hydrogens (tertiary/aromatic N) is 1. The number of hydrogen-bond donors (Lipinski definition) is 2. The van der Waals surface area contributed by atoms with Gasteiger partial charge in [-0.2, -0.15) is 0 Å². The first-order chi connectivity index (χ1) is 8.66. The maximum Gasteiger partial charge on any atom is 0.503 e. The topological polar surface area (TPSA) is 70.4 Å². The molecule has 2 aromatic rings. The maximum atomic E-state index is 8.56. The quantitative estimate of drug-likeness (QED) is 0.746. The third kappa shape index (κ3) is 2.97. The first kappa shape index (κ1) is 12.4. The Bertz CT molecular complexity index is 517. The molecule has 1 aromatic heterocycles. The summed E-state index contributed by atoms with van der Waals surface area (Å²) in [5.74, 6) is 0. The molecule has 0 fully saturated rings. The number of carbonyl (C=O) groups is 1. The average Bonchev–Trinajstić information content (AvgIpc) is 2.35. The van der Waals surface area contributed by atoms with E-state index in [1.807, 2.05) is 0 Å². The van der Waals surface area contributed by atoms with Crippen molar-refractivity contribution in [3.8, 4) is 0 Å². The highest BCUT2D eigenvalue weighted by atomic mass is 16.6. The fraction of sp³-hybridized carbons (Fsp3) is 0.286. The molecule has 1 aromatic carbocycles. The van der Waals surface area contributed by atoms with E-state index in [2.05, 4.69) is 30.3 Å². The van der Waals surface area contributed by atoms with Gasteiger partial charge in [-0.1, -0.05) is 18.2 Å². The van der Waals surface area contributed by atoms with Crippen LogP contribution in [0.5, 0.6) is 0 Å². The Morgan fingerprint density at radius 2 is 1.78 bits per heavy atom. The molecule has 1 aliphatic carbocycles. The molecule has 0 radical (unpaired) electrons. The smallest absolute Gasteiger partial charge is 0.450 e.